The number of halogens is 5. The van der Waals surface area contributed by atoms with Crippen molar-refractivity contribution in [2.75, 3.05) is 25.0 Å². The highest BCUT2D eigenvalue weighted by Gasteiger charge is 2.33. The molecule has 0 aliphatic carbocycles. The molecule has 0 aliphatic heterocycles. The van der Waals surface area contributed by atoms with E-state index in [1.165, 1.54) is 6.92 Å². The SMILES string of the molecule is CCNC(=NCc1ccc(F)cc1C(F)(F)F)NCCOc1cccc(NC(C)=O)c1.I. The van der Waals surface area contributed by atoms with E-state index in [1.54, 1.807) is 24.3 Å². The van der Waals surface area contributed by atoms with E-state index >= 15 is 0 Å². The van der Waals surface area contributed by atoms with E-state index in [0.29, 0.717) is 36.6 Å². The molecule has 0 spiro atoms. The van der Waals surface area contributed by atoms with Crippen molar-refractivity contribution in [2.45, 2.75) is 26.6 Å². The molecule has 11 heteroatoms. The van der Waals surface area contributed by atoms with Gasteiger partial charge in [0.05, 0.1) is 18.7 Å². The number of guanidine groups is 1. The highest BCUT2D eigenvalue weighted by atomic mass is 127. The van der Waals surface area contributed by atoms with Crippen molar-refractivity contribution in [3.8, 4) is 5.75 Å². The molecular weight excluding hydrogens is 543 g/mol. The fourth-order valence-electron chi connectivity index (χ4n) is 2.66. The number of anilines is 1. The molecule has 2 aromatic carbocycles. The largest absolute Gasteiger partial charge is 0.492 e. The van der Waals surface area contributed by atoms with Gasteiger partial charge in [-0.1, -0.05) is 12.1 Å². The molecule has 0 aliphatic rings. The van der Waals surface area contributed by atoms with Crippen LogP contribution in [0.5, 0.6) is 5.75 Å². The minimum atomic E-state index is -4.67. The second kappa shape index (κ2) is 13.1. The number of carbonyl (C=O) groups is 1. The second-order valence-electron chi connectivity index (χ2n) is 6.48. The van der Waals surface area contributed by atoms with Gasteiger partial charge in [-0.3, -0.25) is 4.79 Å². The molecule has 0 aromatic heterocycles. The first-order chi connectivity index (χ1) is 14.7. The predicted molar refractivity (Wildman–Crippen MR) is 126 cm³/mol. The van der Waals surface area contributed by atoms with E-state index in [1.807, 2.05) is 6.92 Å². The number of nitrogens with one attached hydrogen (secondary N) is 3. The summed E-state index contributed by atoms with van der Waals surface area (Å²) in [6.45, 7) is 4.03. The van der Waals surface area contributed by atoms with Gasteiger partial charge in [-0.15, -0.1) is 24.0 Å². The maximum atomic E-state index is 13.2. The highest BCUT2D eigenvalue weighted by molar-refractivity contribution is 14.0. The minimum absolute atomic E-state index is 0. The van der Waals surface area contributed by atoms with Crippen molar-refractivity contribution < 1.29 is 27.1 Å². The lowest BCUT2D eigenvalue weighted by atomic mass is 10.1. The lowest BCUT2D eigenvalue weighted by Crippen LogP contribution is -2.39. The summed E-state index contributed by atoms with van der Waals surface area (Å²) < 4.78 is 58.2. The summed E-state index contributed by atoms with van der Waals surface area (Å²) in [7, 11) is 0. The Bertz CT molecular complexity index is 923. The molecule has 0 saturated heterocycles. The second-order valence-corrected chi connectivity index (χ2v) is 6.48. The van der Waals surface area contributed by atoms with Crippen LogP contribution in [-0.4, -0.2) is 31.6 Å². The number of amides is 1. The summed E-state index contributed by atoms with van der Waals surface area (Å²) in [6, 6.07) is 9.40. The number of ether oxygens (including phenoxy) is 1. The van der Waals surface area contributed by atoms with E-state index in [2.05, 4.69) is 20.9 Å². The van der Waals surface area contributed by atoms with Crippen molar-refractivity contribution >= 4 is 41.5 Å². The van der Waals surface area contributed by atoms with Gasteiger partial charge in [0, 0.05) is 25.2 Å². The van der Waals surface area contributed by atoms with Crippen molar-refractivity contribution in [3.05, 3.63) is 59.4 Å². The van der Waals surface area contributed by atoms with Gasteiger partial charge in [-0.2, -0.15) is 13.2 Å². The van der Waals surface area contributed by atoms with E-state index in [4.69, 9.17) is 4.74 Å². The highest BCUT2D eigenvalue weighted by Crippen LogP contribution is 2.32. The van der Waals surface area contributed by atoms with Gasteiger partial charge in [0.1, 0.15) is 18.2 Å². The number of alkyl halides is 3. The fourth-order valence-corrected chi connectivity index (χ4v) is 2.66. The standard InChI is InChI=1S/C21H24F4N4O2.HI/c1-3-26-20(28-13-15-7-8-16(22)11-19(15)21(23,24)25)27-9-10-31-18-6-4-5-17(12-18)29-14(2)30;/h4-8,11-12H,3,9-10,13H2,1-2H3,(H,29,30)(H2,26,27,28);1H. The average molecular weight is 568 g/mol. The number of aliphatic imine (C=N–C) groups is 1. The van der Waals surface area contributed by atoms with Gasteiger partial charge in [0.2, 0.25) is 5.91 Å². The van der Waals surface area contributed by atoms with Gasteiger partial charge >= 0.3 is 6.18 Å². The molecule has 3 N–H and O–H groups in total. The summed E-state index contributed by atoms with van der Waals surface area (Å²) in [5.74, 6) is -0.295. The van der Waals surface area contributed by atoms with Crippen molar-refractivity contribution in [1.29, 1.82) is 0 Å². The minimum Gasteiger partial charge on any atom is -0.492 e. The van der Waals surface area contributed by atoms with Gasteiger partial charge in [-0.05, 0) is 36.8 Å². The van der Waals surface area contributed by atoms with E-state index in [-0.39, 0.29) is 48.6 Å². The summed E-state index contributed by atoms with van der Waals surface area (Å²) in [4.78, 5) is 15.3. The van der Waals surface area contributed by atoms with Crippen LogP contribution in [0.4, 0.5) is 23.2 Å². The Morgan fingerprint density at radius 3 is 2.53 bits per heavy atom. The first-order valence-electron chi connectivity index (χ1n) is 9.57. The summed E-state index contributed by atoms with van der Waals surface area (Å²) >= 11 is 0. The monoisotopic (exact) mass is 568 g/mol. The molecule has 2 aromatic rings. The van der Waals surface area contributed by atoms with Crippen LogP contribution in [0.15, 0.2) is 47.5 Å². The lowest BCUT2D eigenvalue weighted by Gasteiger charge is -2.14. The Labute approximate surface area is 200 Å². The van der Waals surface area contributed by atoms with E-state index < -0.39 is 17.6 Å². The molecule has 32 heavy (non-hydrogen) atoms. The van der Waals surface area contributed by atoms with Crippen LogP contribution >= 0.6 is 24.0 Å². The van der Waals surface area contributed by atoms with Crippen LogP contribution in [0, 0.1) is 5.82 Å². The molecule has 2 rings (SSSR count). The molecule has 176 valence electrons. The molecule has 0 atom stereocenters. The zero-order chi connectivity index (χ0) is 22.9. The first-order valence-corrected chi connectivity index (χ1v) is 9.57. The van der Waals surface area contributed by atoms with Crippen molar-refractivity contribution in [2.24, 2.45) is 4.99 Å². The molecule has 0 heterocycles. The smallest absolute Gasteiger partial charge is 0.416 e. The summed E-state index contributed by atoms with van der Waals surface area (Å²) in [6.07, 6.45) is -4.67. The number of rotatable bonds is 8. The number of hydrogen-bond donors (Lipinski definition) is 3. The molecule has 1 amide bonds. The number of nitrogens with zero attached hydrogens (tertiary/aromatic N) is 1. The maximum absolute atomic E-state index is 13.2. The lowest BCUT2D eigenvalue weighted by molar-refractivity contribution is -0.138. The first kappa shape index (κ1) is 27.5. The quantitative estimate of drug-likeness (QED) is 0.144. The average Bonchev–Trinajstić information content (AvgIpc) is 2.69. The molecule has 6 nitrogen and oxygen atoms in total. The van der Waals surface area contributed by atoms with Crippen LogP contribution in [0.2, 0.25) is 0 Å². The Hall–Kier alpha value is -2.57. The molecule has 0 radical (unpaired) electrons. The topological polar surface area (TPSA) is 74.8 Å². The fraction of sp³-hybridized carbons (Fsp3) is 0.333. The molecule has 0 saturated carbocycles. The number of hydrogen-bond acceptors (Lipinski definition) is 3. The van der Waals surface area contributed by atoms with Crippen LogP contribution in [0.3, 0.4) is 0 Å². The van der Waals surface area contributed by atoms with Crippen molar-refractivity contribution in [1.82, 2.24) is 10.6 Å². The Kier molecular flexibility index (Phi) is 11.2. The van der Waals surface area contributed by atoms with Gasteiger partial charge in [0.15, 0.2) is 5.96 Å². The van der Waals surface area contributed by atoms with Crippen LogP contribution in [0.1, 0.15) is 25.0 Å². The maximum Gasteiger partial charge on any atom is 0.416 e. The molecular formula is C21H25F4IN4O2. The number of benzene rings is 2. The van der Waals surface area contributed by atoms with E-state index in [9.17, 15) is 22.4 Å². The third-order valence-electron chi connectivity index (χ3n) is 3.95. The normalized spacial score (nSPS) is 11.4. The molecule has 0 unspecified atom stereocenters. The van der Waals surface area contributed by atoms with Gasteiger partial charge in [0.25, 0.3) is 0 Å². The zero-order valence-electron chi connectivity index (χ0n) is 17.6. The van der Waals surface area contributed by atoms with Crippen molar-refractivity contribution in [3.63, 3.8) is 0 Å². The van der Waals surface area contributed by atoms with Crippen LogP contribution in [0.25, 0.3) is 0 Å². The predicted octanol–water partition coefficient (Wildman–Crippen LogP) is 4.56. The Balaban J connectivity index is 0.00000512. The third kappa shape index (κ3) is 9.28. The summed E-state index contributed by atoms with van der Waals surface area (Å²) in [5, 5.41) is 8.55. The van der Waals surface area contributed by atoms with Crippen LogP contribution < -0.4 is 20.7 Å². The Morgan fingerprint density at radius 2 is 1.88 bits per heavy atom. The number of carbonyl (C=O) groups excluding carboxylic acids is 1. The molecule has 0 fully saturated rings. The van der Waals surface area contributed by atoms with E-state index in [0.717, 1.165) is 12.1 Å². The Morgan fingerprint density at radius 1 is 1.12 bits per heavy atom. The molecule has 0 bridgehead atoms. The van der Waals surface area contributed by atoms with Gasteiger partial charge in [-0.25, -0.2) is 9.38 Å². The van der Waals surface area contributed by atoms with Gasteiger partial charge < -0.3 is 20.7 Å². The zero-order valence-corrected chi connectivity index (χ0v) is 19.9. The van der Waals surface area contributed by atoms with Crippen LogP contribution in [-0.2, 0) is 17.5 Å². The summed E-state index contributed by atoms with van der Waals surface area (Å²) in [5.41, 5.74) is -0.570. The third-order valence-corrected chi connectivity index (χ3v) is 3.95.